The summed E-state index contributed by atoms with van der Waals surface area (Å²) in [6.45, 7) is 0.225. The van der Waals surface area contributed by atoms with Crippen molar-refractivity contribution in [2.24, 2.45) is 0 Å². The van der Waals surface area contributed by atoms with Crippen molar-refractivity contribution in [2.45, 2.75) is 6.61 Å². The molecule has 0 radical (unpaired) electrons. The Morgan fingerprint density at radius 3 is 2.48 bits per heavy atom. The summed E-state index contributed by atoms with van der Waals surface area (Å²) in [5, 5.41) is 14.7. The second kappa shape index (κ2) is 9.99. The molecule has 0 saturated heterocycles. The lowest BCUT2D eigenvalue weighted by molar-refractivity contribution is -0.112. The molecule has 0 saturated carbocycles. The zero-order chi connectivity index (χ0) is 23.2. The zero-order valence-corrected chi connectivity index (χ0v) is 18.1. The summed E-state index contributed by atoms with van der Waals surface area (Å²) >= 11 is 6.25. The molecule has 1 amide bonds. The van der Waals surface area contributed by atoms with Gasteiger partial charge in [0.25, 0.3) is 5.91 Å². The van der Waals surface area contributed by atoms with Crippen LogP contribution in [0.3, 0.4) is 0 Å². The van der Waals surface area contributed by atoms with Gasteiger partial charge in [-0.05, 0) is 53.2 Å². The third kappa shape index (κ3) is 5.20. The summed E-state index contributed by atoms with van der Waals surface area (Å²) in [5.74, 6) is -0.509. The van der Waals surface area contributed by atoms with E-state index in [1.54, 1.807) is 12.1 Å². The molecule has 0 aromatic heterocycles. The molecule has 0 spiro atoms. The Morgan fingerprint density at radius 1 is 1.00 bits per heavy atom. The molecule has 4 rings (SSSR count). The van der Waals surface area contributed by atoms with E-state index in [-0.39, 0.29) is 12.2 Å². The van der Waals surface area contributed by atoms with Crippen molar-refractivity contribution in [3.8, 4) is 11.8 Å². The molecular weight excluding hydrogens is 439 g/mol. The average Bonchev–Trinajstić information content (AvgIpc) is 2.83. The second-order valence-electron chi connectivity index (χ2n) is 7.21. The second-order valence-corrected chi connectivity index (χ2v) is 7.62. The molecule has 4 nitrogen and oxygen atoms in total. The minimum atomic E-state index is -0.603. The molecular formula is C27H18ClFN2O2. The minimum absolute atomic E-state index is 0.113. The predicted octanol–water partition coefficient (Wildman–Crippen LogP) is 6.76. The predicted molar refractivity (Wildman–Crippen MR) is 128 cm³/mol. The number of halogens is 2. The maximum absolute atomic E-state index is 13.2. The first-order valence-corrected chi connectivity index (χ1v) is 10.5. The zero-order valence-electron chi connectivity index (χ0n) is 17.4. The van der Waals surface area contributed by atoms with E-state index < -0.39 is 11.7 Å². The number of benzene rings is 4. The van der Waals surface area contributed by atoms with E-state index in [0.29, 0.717) is 22.0 Å². The van der Waals surface area contributed by atoms with E-state index in [1.807, 2.05) is 54.6 Å². The van der Waals surface area contributed by atoms with Gasteiger partial charge in [-0.15, -0.1) is 0 Å². The Labute approximate surface area is 195 Å². The van der Waals surface area contributed by atoms with Gasteiger partial charge in [0.2, 0.25) is 0 Å². The summed E-state index contributed by atoms with van der Waals surface area (Å²) in [4.78, 5) is 12.8. The van der Waals surface area contributed by atoms with Crippen molar-refractivity contribution >= 4 is 40.0 Å². The molecule has 4 aromatic carbocycles. The highest BCUT2D eigenvalue weighted by Gasteiger charge is 2.14. The number of nitriles is 1. The van der Waals surface area contributed by atoms with Crippen molar-refractivity contribution in [2.75, 3.05) is 5.32 Å². The number of ether oxygens (including phenoxy) is 1. The van der Waals surface area contributed by atoms with E-state index in [0.717, 1.165) is 16.3 Å². The van der Waals surface area contributed by atoms with Gasteiger partial charge in [0.15, 0.2) is 0 Å². The number of rotatable bonds is 6. The number of carbonyl (C=O) groups is 1. The molecule has 162 valence electrons. The molecule has 4 aromatic rings. The number of fused-ring (bicyclic) bond motifs is 1. The summed E-state index contributed by atoms with van der Waals surface area (Å²) in [7, 11) is 0. The lowest BCUT2D eigenvalue weighted by atomic mass is 10.0. The largest absolute Gasteiger partial charge is 0.488 e. The number of anilines is 1. The van der Waals surface area contributed by atoms with Gasteiger partial charge in [-0.25, -0.2) is 4.39 Å². The standard InChI is InChI=1S/C27H18ClFN2O2/c28-25-8-4-2-6-19(25)17-33-26-14-9-18-5-1-3-7-23(18)24(26)15-20(16-30)27(32)31-22-12-10-21(29)11-13-22/h1-15H,17H2,(H,31,32)/b20-15-. The Kier molecular flexibility index (Phi) is 6.68. The highest BCUT2D eigenvalue weighted by Crippen LogP contribution is 2.31. The third-order valence-corrected chi connectivity index (χ3v) is 5.40. The van der Waals surface area contributed by atoms with Crippen LogP contribution in [0, 0.1) is 17.1 Å². The average molecular weight is 457 g/mol. The first kappa shape index (κ1) is 22.1. The van der Waals surface area contributed by atoms with Crippen molar-refractivity contribution in [3.63, 3.8) is 0 Å². The maximum atomic E-state index is 13.2. The van der Waals surface area contributed by atoms with Gasteiger partial charge in [-0.3, -0.25) is 4.79 Å². The smallest absolute Gasteiger partial charge is 0.266 e. The lowest BCUT2D eigenvalue weighted by Crippen LogP contribution is -2.13. The fraction of sp³-hybridized carbons (Fsp3) is 0.0370. The van der Waals surface area contributed by atoms with Gasteiger partial charge in [-0.2, -0.15) is 5.26 Å². The first-order chi connectivity index (χ1) is 16.0. The molecule has 33 heavy (non-hydrogen) atoms. The Hall–Kier alpha value is -4.14. The van der Waals surface area contributed by atoms with Crippen LogP contribution in [-0.2, 0) is 11.4 Å². The molecule has 0 aliphatic rings. The summed E-state index contributed by atoms with van der Waals surface area (Å²) in [6.07, 6.45) is 1.50. The molecule has 0 atom stereocenters. The van der Waals surface area contributed by atoms with Crippen LogP contribution >= 0.6 is 11.6 Å². The molecule has 1 N–H and O–H groups in total. The number of amides is 1. The summed E-state index contributed by atoms with van der Waals surface area (Å²) in [5.41, 5.74) is 1.69. The topological polar surface area (TPSA) is 62.1 Å². The van der Waals surface area contributed by atoms with Crippen molar-refractivity contribution in [1.29, 1.82) is 5.26 Å². The Bertz CT molecular complexity index is 1390. The maximum Gasteiger partial charge on any atom is 0.266 e. The van der Waals surface area contributed by atoms with Gasteiger partial charge in [0.05, 0.1) is 0 Å². The molecule has 0 aliphatic carbocycles. The van der Waals surface area contributed by atoms with E-state index in [2.05, 4.69) is 5.32 Å². The molecule has 0 unspecified atom stereocenters. The number of carbonyl (C=O) groups excluding carboxylic acids is 1. The van der Waals surface area contributed by atoms with Crippen molar-refractivity contribution in [3.05, 3.63) is 112 Å². The molecule has 0 heterocycles. The number of nitrogens with zero attached hydrogens (tertiary/aromatic N) is 1. The first-order valence-electron chi connectivity index (χ1n) is 10.1. The van der Waals surface area contributed by atoms with E-state index in [9.17, 15) is 14.4 Å². The normalized spacial score (nSPS) is 11.1. The molecule has 6 heteroatoms. The third-order valence-electron chi connectivity index (χ3n) is 5.03. The summed E-state index contributed by atoms with van der Waals surface area (Å²) in [6, 6.07) is 26.0. The van der Waals surface area contributed by atoms with Crippen LogP contribution in [0.4, 0.5) is 10.1 Å². The van der Waals surface area contributed by atoms with Gasteiger partial charge < -0.3 is 10.1 Å². The van der Waals surface area contributed by atoms with Crippen molar-refractivity contribution < 1.29 is 13.9 Å². The van der Waals surface area contributed by atoms with Gasteiger partial charge in [-0.1, -0.05) is 60.1 Å². The lowest BCUT2D eigenvalue weighted by Gasteiger charge is -2.13. The molecule has 0 aliphatic heterocycles. The summed E-state index contributed by atoms with van der Waals surface area (Å²) < 4.78 is 19.2. The number of nitrogens with one attached hydrogen (secondary N) is 1. The van der Waals surface area contributed by atoms with Crippen LogP contribution in [0.15, 0.2) is 90.5 Å². The minimum Gasteiger partial charge on any atom is -0.488 e. The van der Waals surface area contributed by atoms with E-state index >= 15 is 0 Å². The molecule has 0 fully saturated rings. The van der Waals surface area contributed by atoms with Crippen LogP contribution in [0.2, 0.25) is 5.02 Å². The monoisotopic (exact) mass is 456 g/mol. The fourth-order valence-corrected chi connectivity index (χ4v) is 3.54. The highest BCUT2D eigenvalue weighted by atomic mass is 35.5. The van der Waals surface area contributed by atoms with Crippen LogP contribution < -0.4 is 10.1 Å². The van der Waals surface area contributed by atoms with Crippen LogP contribution in [0.25, 0.3) is 16.8 Å². The van der Waals surface area contributed by atoms with Crippen molar-refractivity contribution in [1.82, 2.24) is 0 Å². The SMILES string of the molecule is N#C/C(=C/c1c(OCc2ccccc2Cl)ccc2ccccc12)C(=O)Nc1ccc(F)cc1. The van der Waals surface area contributed by atoms with E-state index in [1.165, 1.54) is 30.3 Å². The van der Waals surface area contributed by atoms with Crippen LogP contribution in [-0.4, -0.2) is 5.91 Å². The number of hydrogen-bond donors (Lipinski definition) is 1. The molecule has 0 bridgehead atoms. The van der Waals surface area contributed by atoms with Gasteiger partial charge in [0, 0.05) is 21.8 Å². The Morgan fingerprint density at radius 2 is 1.73 bits per heavy atom. The highest BCUT2D eigenvalue weighted by molar-refractivity contribution is 6.31. The van der Waals surface area contributed by atoms with Crippen LogP contribution in [0.1, 0.15) is 11.1 Å². The fourth-order valence-electron chi connectivity index (χ4n) is 3.35. The van der Waals surface area contributed by atoms with Gasteiger partial charge in [0.1, 0.15) is 29.8 Å². The van der Waals surface area contributed by atoms with E-state index in [4.69, 9.17) is 16.3 Å². The van der Waals surface area contributed by atoms with Crippen LogP contribution in [0.5, 0.6) is 5.75 Å². The quantitative estimate of drug-likeness (QED) is 0.257. The van der Waals surface area contributed by atoms with Gasteiger partial charge >= 0.3 is 0 Å². The Balaban J connectivity index is 1.70. The number of hydrogen-bond acceptors (Lipinski definition) is 3.